The first kappa shape index (κ1) is 29.1. The summed E-state index contributed by atoms with van der Waals surface area (Å²) in [5.41, 5.74) is 6.79. The third-order valence-corrected chi connectivity index (χ3v) is 5.93. The van der Waals surface area contributed by atoms with Crippen LogP contribution in [0.25, 0.3) is 22.2 Å². The van der Waals surface area contributed by atoms with Gasteiger partial charge in [-0.15, -0.1) is 0 Å². The maximum absolute atomic E-state index is 12.5. The summed E-state index contributed by atoms with van der Waals surface area (Å²) in [5.74, 6) is 8.64. The monoisotopic (exact) mass is 559 g/mol. The number of aromatic hydroxyl groups is 1. The highest BCUT2D eigenvalue weighted by molar-refractivity contribution is 6.05. The number of hydrogen-bond donors (Lipinski definition) is 5. The van der Waals surface area contributed by atoms with E-state index in [1.165, 1.54) is 18.2 Å². The predicted octanol–water partition coefficient (Wildman–Crippen LogP) is 4.24. The van der Waals surface area contributed by atoms with Crippen molar-refractivity contribution < 1.29 is 24.6 Å². The average Bonchev–Trinajstić information content (AvgIpc) is 3.01. The van der Waals surface area contributed by atoms with Gasteiger partial charge in [0.15, 0.2) is 6.29 Å². The van der Waals surface area contributed by atoms with Crippen LogP contribution >= 0.6 is 0 Å². The van der Waals surface area contributed by atoms with Gasteiger partial charge in [-0.2, -0.15) is 0 Å². The van der Waals surface area contributed by atoms with Crippen molar-refractivity contribution in [1.29, 1.82) is 0 Å². The van der Waals surface area contributed by atoms with E-state index in [9.17, 15) is 19.5 Å². The number of rotatable bonds is 5. The Labute approximate surface area is 240 Å². The van der Waals surface area contributed by atoms with Crippen LogP contribution in [0.3, 0.4) is 0 Å². The Morgan fingerprint density at radius 1 is 0.929 bits per heavy atom. The van der Waals surface area contributed by atoms with Gasteiger partial charge in [-0.05, 0) is 73.8 Å². The fourth-order valence-electron chi connectivity index (χ4n) is 3.90. The second-order valence-electron chi connectivity index (χ2n) is 8.79. The molecule has 3 aromatic carbocycles. The number of benzene rings is 3. The fourth-order valence-corrected chi connectivity index (χ4v) is 3.90. The number of carboxylic acids is 1. The highest BCUT2D eigenvalue weighted by Gasteiger charge is 2.12. The van der Waals surface area contributed by atoms with Crippen LogP contribution in [0.15, 0.2) is 91.3 Å². The van der Waals surface area contributed by atoms with Crippen LogP contribution in [-0.4, -0.2) is 45.4 Å². The number of nitrogens with one attached hydrogen (secondary N) is 2. The molecule has 0 spiro atoms. The van der Waals surface area contributed by atoms with Crippen molar-refractivity contribution in [2.45, 2.75) is 0 Å². The van der Waals surface area contributed by atoms with Gasteiger partial charge in [0.2, 0.25) is 0 Å². The standard InChI is InChI=1S/C31H19N3O5.CH6N2/c35-18-23-15-28(34-27-13-14-32-17-26(23)27)21-7-3-19(4-8-21)1-2-20-5-9-22(10-6-20)30(37)33-24-11-12-29(36)25(16-24)31(38)39;1-3-2/h3-18,36H,(H,33,37)(H,38,39);3H,2H2,1H3. The first-order valence-corrected chi connectivity index (χ1v) is 12.5. The number of fused-ring (bicyclic) bond motifs is 1. The summed E-state index contributed by atoms with van der Waals surface area (Å²) >= 11 is 0. The predicted molar refractivity (Wildman–Crippen MR) is 159 cm³/mol. The number of aromatic nitrogens is 2. The molecule has 0 fully saturated rings. The third kappa shape index (κ3) is 7.00. The van der Waals surface area contributed by atoms with E-state index in [0.717, 1.165) is 17.4 Å². The molecule has 42 heavy (non-hydrogen) atoms. The quantitative estimate of drug-likeness (QED) is 0.0695. The highest BCUT2D eigenvalue weighted by atomic mass is 16.4. The average molecular weight is 560 g/mol. The Balaban J connectivity index is 0.00000129. The zero-order valence-electron chi connectivity index (χ0n) is 22.3. The molecule has 2 heterocycles. The molecule has 10 nitrogen and oxygen atoms in total. The number of aldehydes is 1. The van der Waals surface area contributed by atoms with E-state index in [0.29, 0.717) is 33.3 Å². The lowest BCUT2D eigenvalue weighted by Gasteiger charge is -2.07. The number of amides is 1. The summed E-state index contributed by atoms with van der Waals surface area (Å²) in [5, 5.41) is 22.1. The molecule has 0 unspecified atom stereocenters. The molecule has 0 saturated carbocycles. The molecule has 208 valence electrons. The van der Waals surface area contributed by atoms with Crippen LogP contribution in [0.2, 0.25) is 0 Å². The number of anilines is 1. The van der Waals surface area contributed by atoms with E-state index < -0.39 is 11.9 Å². The maximum Gasteiger partial charge on any atom is 0.339 e. The third-order valence-electron chi connectivity index (χ3n) is 5.93. The maximum atomic E-state index is 12.5. The molecule has 0 aliphatic heterocycles. The first-order valence-electron chi connectivity index (χ1n) is 12.5. The summed E-state index contributed by atoms with van der Waals surface area (Å²) in [7, 11) is 1.65. The first-order chi connectivity index (χ1) is 20.3. The van der Waals surface area contributed by atoms with Gasteiger partial charge in [0, 0.05) is 51.3 Å². The largest absolute Gasteiger partial charge is 0.507 e. The highest BCUT2D eigenvalue weighted by Crippen LogP contribution is 2.24. The van der Waals surface area contributed by atoms with E-state index in [-0.39, 0.29) is 17.0 Å². The molecule has 5 rings (SSSR count). The molecule has 5 aromatic rings. The second-order valence-corrected chi connectivity index (χ2v) is 8.79. The number of carboxylic acid groups (broad SMARTS) is 1. The molecular weight excluding hydrogens is 534 g/mol. The molecule has 0 aliphatic rings. The number of pyridine rings is 2. The minimum absolute atomic E-state index is 0.251. The zero-order valence-corrected chi connectivity index (χ0v) is 22.3. The van der Waals surface area contributed by atoms with Gasteiger partial charge in [0.25, 0.3) is 5.91 Å². The summed E-state index contributed by atoms with van der Waals surface area (Å²) in [6.45, 7) is 0. The summed E-state index contributed by atoms with van der Waals surface area (Å²) in [4.78, 5) is 44.0. The van der Waals surface area contributed by atoms with Gasteiger partial charge in [0.05, 0.1) is 11.2 Å². The van der Waals surface area contributed by atoms with Crippen LogP contribution < -0.4 is 16.6 Å². The minimum Gasteiger partial charge on any atom is -0.507 e. The Kier molecular flexibility index (Phi) is 9.32. The second kappa shape index (κ2) is 13.5. The zero-order chi connectivity index (χ0) is 30.1. The molecule has 2 aromatic heterocycles. The lowest BCUT2D eigenvalue weighted by atomic mass is 10.0. The normalized spacial score (nSPS) is 10.0. The number of hydrogen-bond acceptors (Lipinski definition) is 8. The molecular formula is C32H25N5O5. The van der Waals surface area contributed by atoms with Crippen molar-refractivity contribution in [3.05, 3.63) is 119 Å². The van der Waals surface area contributed by atoms with Crippen molar-refractivity contribution >= 4 is 34.8 Å². The van der Waals surface area contributed by atoms with Gasteiger partial charge in [-0.25, -0.2) is 9.78 Å². The molecule has 0 bridgehead atoms. The van der Waals surface area contributed by atoms with Crippen molar-refractivity contribution in [3.63, 3.8) is 0 Å². The topological polar surface area (TPSA) is 168 Å². The van der Waals surface area contributed by atoms with E-state index in [2.05, 4.69) is 38.4 Å². The van der Waals surface area contributed by atoms with Gasteiger partial charge >= 0.3 is 5.97 Å². The molecule has 10 heteroatoms. The summed E-state index contributed by atoms with van der Waals surface area (Å²) < 4.78 is 0. The number of nitrogens with zero attached hydrogens (tertiary/aromatic N) is 2. The Morgan fingerprint density at radius 2 is 1.57 bits per heavy atom. The Bertz CT molecular complexity index is 1830. The molecule has 0 radical (unpaired) electrons. The number of carbonyl (C=O) groups excluding carboxylic acids is 2. The van der Waals surface area contributed by atoms with E-state index >= 15 is 0 Å². The van der Waals surface area contributed by atoms with E-state index in [1.807, 2.05) is 24.3 Å². The lowest BCUT2D eigenvalue weighted by molar-refractivity contribution is 0.0693. The summed E-state index contributed by atoms with van der Waals surface area (Å²) in [6, 6.07) is 21.5. The number of hydrazine groups is 1. The Hall–Kier alpha value is -5.89. The summed E-state index contributed by atoms with van der Waals surface area (Å²) in [6.07, 6.45) is 4.06. The van der Waals surface area contributed by atoms with Crippen LogP contribution in [0, 0.1) is 11.8 Å². The van der Waals surface area contributed by atoms with Gasteiger partial charge in [-0.1, -0.05) is 24.0 Å². The Morgan fingerprint density at radius 3 is 2.19 bits per heavy atom. The lowest BCUT2D eigenvalue weighted by Crippen LogP contribution is -2.13. The van der Waals surface area contributed by atoms with Crippen molar-refractivity contribution in [3.8, 4) is 28.8 Å². The minimum atomic E-state index is -1.30. The molecule has 0 aliphatic carbocycles. The van der Waals surface area contributed by atoms with Crippen LogP contribution in [0.5, 0.6) is 5.75 Å². The SMILES string of the molecule is CNN.O=Cc1cc(-c2ccc(C#Cc3ccc(C(=O)Nc4ccc(O)c(C(=O)O)c4)cc3)cc2)nc2ccncc12. The number of aromatic carboxylic acids is 1. The van der Waals surface area contributed by atoms with Crippen LogP contribution in [0.1, 0.15) is 42.2 Å². The van der Waals surface area contributed by atoms with Crippen molar-refractivity contribution in [2.75, 3.05) is 12.4 Å². The number of carbonyl (C=O) groups is 3. The van der Waals surface area contributed by atoms with E-state index in [1.54, 1.807) is 55.8 Å². The molecule has 1 amide bonds. The fraction of sp³-hybridized carbons (Fsp3) is 0.0312. The number of phenols is 1. The van der Waals surface area contributed by atoms with Crippen molar-refractivity contribution in [2.24, 2.45) is 5.84 Å². The van der Waals surface area contributed by atoms with Gasteiger partial charge in [0.1, 0.15) is 11.3 Å². The van der Waals surface area contributed by atoms with E-state index in [4.69, 9.17) is 5.11 Å². The number of nitrogens with two attached hydrogens (primary N) is 1. The molecule has 6 N–H and O–H groups in total. The smallest absolute Gasteiger partial charge is 0.339 e. The van der Waals surface area contributed by atoms with Crippen LogP contribution in [0.4, 0.5) is 5.69 Å². The molecule has 0 atom stereocenters. The van der Waals surface area contributed by atoms with Crippen LogP contribution in [-0.2, 0) is 0 Å². The van der Waals surface area contributed by atoms with Crippen molar-refractivity contribution in [1.82, 2.24) is 15.4 Å². The van der Waals surface area contributed by atoms with Gasteiger partial charge < -0.3 is 15.5 Å². The van der Waals surface area contributed by atoms with Gasteiger partial charge in [-0.3, -0.25) is 25.8 Å². The molecule has 0 saturated heterocycles.